The standard InChI is InChI=1S/C14H21NO3S/c1-18-13-8-6-11(7-9-13)15-12-4-3-5-14(10-12)19(2,16)17/h6-9,12,14-15H,3-5,10H2,1-2H3. The van der Waals surface area contributed by atoms with Crippen molar-refractivity contribution in [2.45, 2.75) is 37.0 Å². The fraction of sp³-hybridized carbons (Fsp3) is 0.571. The van der Waals surface area contributed by atoms with Crippen molar-refractivity contribution in [3.05, 3.63) is 24.3 Å². The quantitative estimate of drug-likeness (QED) is 0.922. The van der Waals surface area contributed by atoms with Crippen LogP contribution in [0.25, 0.3) is 0 Å². The van der Waals surface area contributed by atoms with E-state index >= 15 is 0 Å². The van der Waals surface area contributed by atoms with E-state index in [9.17, 15) is 8.42 Å². The summed E-state index contributed by atoms with van der Waals surface area (Å²) in [6, 6.07) is 7.96. The summed E-state index contributed by atoms with van der Waals surface area (Å²) in [5, 5.41) is 3.22. The van der Waals surface area contributed by atoms with Crippen LogP contribution >= 0.6 is 0 Å². The minimum absolute atomic E-state index is 0.197. The van der Waals surface area contributed by atoms with Crippen LogP contribution in [0.5, 0.6) is 5.75 Å². The number of ether oxygens (including phenoxy) is 1. The molecule has 1 N–H and O–H groups in total. The summed E-state index contributed by atoms with van der Waals surface area (Å²) in [5.74, 6) is 0.822. The van der Waals surface area contributed by atoms with Gasteiger partial charge in [0.1, 0.15) is 15.6 Å². The molecule has 106 valence electrons. The fourth-order valence-corrected chi connectivity index (χ4v) is 3.76. The number of hydrogen-bond acceptors (Lipinski definition) is 4. The van der Waals surface area contributed by atoms with Gasteiger partial charge in [-0.2, -0.15) is 0 Å². The summed E-state index contributed by atoms with van der Waals surface area (Å²) in [6.07, 6.45) is 4.82. The highest BCUT2D eigenvalue weighted by molar-refractivity contribution is 7.91. The van der Waals surface area contributed by atoms with Crippen molar-refractivity contribution in [1.29, 1.82) is 0 Å². The number of nitrogens with one attached hydrogen (secondary N) is 1. The van der Waals surface area contributed by atoms with Gasteiger partial charge in [-0.3, -0.25) is 0 Å². The third-order valence-corrected chi connectivity index (χ3v) is 5.33. The van der Waals surface area contributed by atoms with Crippen LogP contribution in [0.1, 0.15) is 25.7 Å². The lowest BCUT2D eigenvalue weighted by atomic mass is 9.95. The number of anilines is 1. The zero-order valence-electron chi connectivity index (χ0n) is 11.4. The van der Waals surface area contributed by atoms with Crippen LogP contribution in [0.3, 0.4) is 0 Å². The van der Waals surface area contributed by atoms with Gasteiger partial charge in [-0.1, -0.05) is 6.42 Å². The van der Waals surface area contributed by atoms with Crippen LogP contribution in [-0.2, 0) is 9.84 Å². The number of methoxy groups -OCH3 is 1. The molecule has 1 aromatic rings. The first-order valence-corrected chi connectivity index (χ1v) is 8.54. The molecule has 0 saturated heterocycles. The first kappa shape index (κ1) is 14.2. The maximum atomic E-state index is 11.6. The van der Waals surface area contributed by atoms with Crippen molar-refractivity contribution in [2.75, 3.05) is 18.7 Å². The monoisotopic (exact) mass is 283 g/mol. The molecule has 2 atom stereocenters. The van der Waals surface area contributed by atoms with Gasteiger partial charge >= 0.3 is 0 Å². The highest BCUT2D eigenvalue weighted by atomic mass is 32.2. The topological polar surface area (TPSA) is 55.4 Å². The van der Waals surface area contributed by atoms with Crippen molar-refractivity contribution in [2.24, 2.45) is 0 Å². The van der Waals surface area contributed by atoms with Gasteiger partial charge in [0.15, 0.2) is 0 Å². The van der Waals surface area contributed by atoms with E-state index in [1.54, 1.807) is 7.11 Å². The Hall–Kier alpha value is -1.23. The second-order valence-electron chi connectivity index (χ2n) is 5.19. The summed E-state index contributed by atoms with van der Waals surface area (Å²) < 4.78 is 28.4. The molecule has 1 aliphatic rings. The van der Waals surface area contributed by atoms with Gasteiger partial charge in [-0.25, -0.2) is 8.42 Å². The molecule has 0 bridgehead atoms. The van der Waals surface area contributed by atoms with Crippen LogP contribution in [0, 0.1) is 0 Å². The van der Waals surface area contributed by atoms with E-state index in [2.05, 4.69) is 5.32 Å². The van der Waals surface area contributed by atoms with E-state index in [1.807, 2.05) is 24.3 Å². The number of rotatable bonds is 4. The molecule has 0 spiro atoms. The number of hydrogen-bond donors (Lipinski definition) is 1. The van der Waals surface area contributed by atoms with Crippen LogP contribution in [0.4, 0.5) is 5.69 Å². The first-order chi connectivity index (χ1) is 8.99. The molecule has 0 radical (unpaired) electrons. The Morgan fingerprint density at radius 2 is 1.89 bits per heavy atom. The van der Waals surface area contributed by atoms with Crippen LogP contribution in [-0.4, -0.2) is 33.1 Å². The van der Waals surface area contributed by atoms with Crippen molar-refractivity contribution in [3.63, 3.8) is 0 Å². The highest BCUT2D eigenvalue weighted by Crippen LogP contribution is 2.26. The van der Waals surface area contributed by atoms with E-state index in [4.69, 9.17) is 4.74 Å². The molecule has 1 aromatic carbocycles. The van der Waals surface area contributed by atoms with E-state index in [-0.39, 0.29) is 11.3 Å². The summed E-state index contributed by atoms with van der Waals surface area (Å²) >= 11 is 0. The first-order valence-electron chi connectivity index (χ1n) is 6.58. The number of benzene rings is 1. The Morgan fingerprint density at radius 3 is 2.47 bits per heavy atom. The predicted molar refractivity (Wildman–Crippen MR) is 77.5 cm³/mol. The molecule has 5 heteroatoms. The van der Waals surface area contributed by atoms with Crippen molar-refractivity contribution in [3.8, 4) is 5.75 Å². The molecule has 0 aromatic heterocycles. The smallest absolute Gasteiger partial charge is 0.150 e. The third-order valence-electron chi connectivity index (χ3n) is 3.69. The minimum atomic E-state index is -2.92. The van der Waals surface area contributed by atoms with Gasteiger partial charge in [-0.15, -0.1) is 0 Å². The van der Waals surface area contributed by atoms with Crippen molar-refractivity contribution in [1.82, 2.24) is 0 Å². The van der Waals surface area contributed by atoms with Gasteiger partial charge in [0, 0.05) is 18.0 Å². The van der Waals surface area contributed by atoms with Crippen LogP contribution < -0.4 is 10.1 Å². The molecule has 0 aliphatic heterocycles. The minimum Gasteiger partial charge on any atom is -0.497 e. The molecule has 1 aliphatic carbocycles. The zero-order chi connectivity index (χ0) is 13.9. The lowest BCUT2D eigenvalue weighted by Gasteiger charge is -2.29. The molecule has 19 heavy (non-hydrogen) atoms. The fourth-order valence-electron chi connectivity index (χ4n) is 2.59. The molecule has 1 fully saturated rings. The molecule has 1 saturated carbocycles. The molecule has 0 heterocycles. The van der Waals surface area contributed by atoms with E-state index in [0.29, 0.717) is 6.42 Å². The average Bonchev–Trinajstić information content (AvgIpc) is 2.39. The van der Waals surface area contributed by atoms with E-state index in [1.165, 1.54) is 6.26 Å². The van der Waals surface area contributed by atoms with Gasteiger partial charge in [0.25, 0.3) is 0 Å². The van der Waals surface area contributed by atoms with Gasteiger partial charge in [0.05, 0.1) is 12.4 Å². The predicted octanol–water partition coefficient (Wildman–Crippen LogP) is 2.46. The Balaban J connectivity index is 1.98. The summed E-state index contributed by atoms with van der Waals surface area (Å²) in [6.45, 7) is 0. The Morgan fingerprint density at radius 1 is 1.21 bits per heavy atom. The lowest BCUT2D eigenvalue weighted by molar-refractivity contribution is 0.414. The summed E-state index contributed by atoms with van der Waals surface area (Å²) in [4.78, 5) is 0. The third kappa shape index (κ3) is 3.86. The van der Waals surface area contributed by atoms with Crippen LogP contribution in [0.2, 0.25) is 0 Å². The highest BCUT2D eigenvalue weighted by Gasteiger charge is 2.28. The molecular weight excluding hydrogens is 262 g/mol. The maximum Gasteiger partial charge on any atom is 0.150 e. The number of sulfone groups is 1. The van der Waals surface area contributed by atoms with Gasteiger partial charge in [0.2, 0.25) is 0 Å². The molecule has 2 rings (SSSR count). The van der Waals surface area contributed by atoms with E-state index in [0.717, 1.165) is 30.7 Å². The Bertz CT molecular complexity index is 510. The molecule has 4 nitrogen and oxygen atoms in total. The van der Waals surface area contributed by atoms with E-state index < -0.39 is 9.84 Å². The Kier molecular flexibility index (Phi) is 4.34. The second kappa shape index (κ2) is 5.82. The molecule has 2 unspecified atom stereocenters. The van der Waals surface area contributed by atoms with Gasteiger partial charge in [-0.05, 0) is 43.5 Å². The lowest BCUT2D eigenvalue weighted by Crippen LogP contribution is -2.34. The second-order valence-corrected chi connectivity index (χ2v) is 7.51. The largest absolute Gasteiger partial charge is 0.497 e. The summed E-state index contributed by atoms with van der Waals surface area (Å²) in [5.41, 5.74) is 1.01. The zero-order valence-corrected chi connectivity index (χ0v) is 12.2. The Labute approximate surface area is 115 Å². The molecule has 0 amide bonds. The normalized spacial score (nSPS) is 23.9. The van der Waals surface area contributed by atoms with Crippen molar-refractivity contribution >= 4 is 15.5 Å². The SMILES string of the molecule is COc1ccc(NC2CCCC(S(C)(=O)=O)C2)cc1. The van der Waals surface area contributed by atoms with Gasteiger partial charge < -0.3 is 10.1 Å². The van der Waals surface area contributed by atoms with Crippen molar-refractivity contribution < 1.29 is 13.2 Å². The summed E-state index contributed by atoms with van der Waals surface area (Å²) in [7, 11) is -1.28. The van der Waals surface area contributed by atoms with Crippen LogP contribution in [0.15, 0.2) is 24.3 Å². The molecular formula is C14H21NO3S. The maximum absolute atomic E-state index is 11.6. The average molecular weight is 283 g/mol.